The number of carboxylic acid groups (broad SMARTS) is 1. The number of carboxylic acids is 1. The third-order valence-corrected chi connectivity index (χ3v) is 3.99. The van der Waals surface area contributed by atoms with E-state index in [-0.39, 0.29) is 12.0 Å². The SMILES string of the molecule is Cc1cc2c(cc1C1CC(C(=O)O)CN1)OCCCO2. The van der Waals surface area contributed by atoms with Gasteiger partial charge in [-0.05, 0) is 36.6 Å². The average molecular weight is 277 g/mol. The first-order valence-electron chi connectivity index (χ1n) is 7.01. The van der Waals surface area contributed by atoms with Crippen molar-refractivity contribution in [3.8, 4) is 11.5 Å². The molecule has 1 aromatic carbocycles. The number of hydrogen-bond acceptors (Lipinski definition) is 4. The molecule has 1 saturated heterocycles. The van der Waals surface area contributed by atoms with Gasteiger partial charge in [-0.3, -0.25) is 4.79 Å². The van der Waals surface area contributed by atoms with E-state index in [1.165, 1.54) is 0 Å². The first-order chi connectivity index (χ1) is 9.65. The van der Waals surface area contributed by atoms with Crippen molar-refractivity contribution in [3.63, 3.8) is 0 Å². The number of aliphatic carboxylic acids is 1. The van der Waals surface area contributed by atoms with Gasteiger partial charge in [-0.15, -0.1) is 0 Å². The maximum absolute atomic E-state index is 11.1. The van der Waals surface area contributed by atoms with Gasteiger partial charge in [0.05, 0.1) is 19.1 Å². The number of aryl methyl sites for hydroxylation is 1. The van der Waals surface area contributed by atoms with Crippen molar-refractivity contribution in [2.45, 2.75) is 25.8 Å². The lowest BCUT2D eigenvalue weighted by molar-refractivity contribution is -0.141. The molecule has 0 bridgehead atoms. The fourth-order valence-corrected chi connectivity index (χ4v) is 2.86. The molecule has 0 aliphatic carbocycles. The summed E-state index contributed by atoms with van der Waals surface area (Å²) >= 11 is 0. The van der Waals surface area contributed by atoms with Gasteiger partial charge in [0.15, 0.2) is 11.5 Å². The van der Waals surface area contributed by atoms with Gasteiger partial charge in [0.25, 0.3) is 0 Å². The van der Waals surface area contributed by atoms with Crippen molar-refractivity contribution in [1.82, 2.24) is 5.32 Å². The minimum atomic E-state index is -0.730. The molecule has 5 nitrogen and oxygen atoms in total. The molecule has 0 aromatic heterocycles. The van der Waals surface area contributed by atoms with Gasteiger partial charge >= 0.3 is 5.97 Å². The molecular weight excluding hydrogens is 258 g/mol. The Morgan fingerprint density at radius 2 is 2.00 bits per heavy atom. The summed E-state index contributed by atoms with van der Waals surface area (Å²) in [7, 11) is 0. The molecule has 1 aromatic rings. The zero-order valence-corrected chi connectivity index (χ0v) is 11.5. The number of rotatable bonds is 2. The molecule has 108 valence electrons. The largest absolute Gasteiger partial charge is 0.490 e. The Bertz CT molecular complexity index is 529. The molecule has 5 heteroatoms. The maximum Gasteiger partial charge on any atom is 0.307 e. The van der Waals surface area contributed by atoms with E-state index in [0.29, 0.717) is 26.2 Å². The average Bonchev–Trinajstić information content (AvgIpc) is 2.79. The zero-order chi connectivity index (χ0) is 14.1. The lowest BCUT2D eigenvalue weighted by atomic mass is 9.96. The van der Waals surface area contributed by atoms with Gasteiger partial charge in [-0.2, -0.15) is 0 Å². The standard InChI is InChI=1S/C15H19NO4/c1-9-5-13-14(20-4-2-3-19-13)7-11(9)12-6-10(8-16-12)15(17)18/h5,7,10,12,16H,2-4,6,8H2,1H3,(H,17,18). The summed E-state index contributed by atoms with van der Waals surface area (Å²) in [6.07, 6.45) is 1.50. The normalized spacial score (nSPS) is 25.2. The second-order valence-electron chi connectivity index (χ2n) is 5.44. The smallest absolute Gasteiger partial charge is 0.307 e. The molecule has 0 saturated carbocycles. The molecule has 20 heavy (non-hydrogen) atoms. The fraction of sp³-hybridized carbons (Fsp3) is 0.533. The Balaban J connectivity index is 1.87. The molecule has 3 rings (SSSR count). The van der Waals surface area contributed by atoms with Crippen LogP contribution in [-0.2, 0) is 4.79 Å². The minimum absolute atomic E-state index is 0.0771. The van der Waals surface area contributed by atoms with E-state index in [1.807, 2.05) is 19.1 Å². The van der Waals surface area contributed by atoms with E-state index in [4.69, 9.17) is 14.6 Å². The van der Waals surface area contributed by atoms with Crippen LogP contribution in [0, 0.1) is 12.8 Å². The predicted molar refractivity (Wildman–Crippen MR) is 73.3 cm³/mol. The van der Waals surface area contributed by atoms with Gasteiger partial charge < -0.3 is 19.9 Å². The minimum Gasteiger partial charge on any atom is -0.490 e. The summed E-state index contributed by atoms with van der Waals surface area (Å²) in [5.74, 6) is 0.516. The number of nitrogens with one attached hydrogen (secondary N) is 1. The van der Waals surface area contributed by atoms with Crippen molar-refractivity contribution < 1.29 is 19.4 Å². The highest BCUT2D eigenvalue weighted by molar-refractivity contribution is 5.71. The molecule has 0 amide bonds. The topological polar surface area (TPSA) is 67.8 Å². The van der Waals surface area contributed by atoms with E-state index in [2.05, 4.69) is 5.32 Å². The number of benzene rings is 1. The molecular formula is C15H19NO4. The molecule has 0 spiro atoms. The summed E-state index contributed by atoms with van der Waals surface area (Å²) in [5.41, 5.74) is 2.22. The molecule has 2 aliphatic rings. The number of fused-ring (bicyclic) bond motifs is 1. The Morgan fingerprint density at radius 3 is 2.65 bits per heavy atom. The first kappa shape index (κ1) is 13.2. The van der Waals surface area contributed by atoms with E-state index in [1.54, 1.807) is 0 Å². The molecule has 1 fully saturated rings. The first-order valence-corrected chi connectivity index (χ1v) is 7.01. The van der Waals surface area contributed by atoms with E-state index in [9.17, 15) is 4.79 Å². The van der Waals surface area contributed by atoms with Gasteiger partial charge in [-0.1, -0.05) is 0 Å². The lowest BCUT2D eigenvalue weighted by Crippen LogP contribution is -2.17. The molecule has 2 heterocycles. The van der Waals surface area contributed by atoms with Gasteiger partial charge in [0.1, 0.15) is 0 Å². The second kappa shape index (κ2) is 5.32. The van der Waals surface area contributed by atoms with Crippen LogP contribution in [0.25, 0.3) is 0 Å². The molecule has 2 atom stereocenters. The van der Waals surface area contributed by atoms with Gasteiger partial charge in [0.2, 0.25) is 0 Å². The highest BCUT2D eigenvalue weighted by Gasteiger charge is 2.31. The number of ether oxygens (including phenoxy) is 2. The number of carbonyl (C=O) groups is 1. The van der Waals surface area contributed by atoms with Crippen LogP contribution in [0.4, 0.5) is 0 Å². The Morgan fingerprint density at radius 1 is 1.30 bits per heavy atom. The van der Waals surface area contributed by atoms with Crippen LogP contribution < -0.4 is 14.8 Å². The van der Waals surface area contributed by atoms with Crippen LogP contribution >= 0.6 is 0 Å². The third kappa shape index (κ3) is 2.45. The lowest BCUT2D eigenvalue weighted by Gasteiger charge is -2.17. The molecule has 2 unspecified atom stereocenters. The highest BCUT2D eigenvalue weighted by atomic mass is 16.5. The van der Waals surface area contributed by atoms with E-state index < -0.39 is 5.97 Å². The van der Waals surface area contributed by atoms with Crippen molar-refractivity contribution in [3.05, 3.63) is 23.3 Å². The Hall–Kier alpha value is -1.75. The van der Waals surface area contributed by atoms with Crippen molar-refractivity contribution >= 4 is 5.97 Å². The molecule has 2 N–H and O–H groups in total. The maximum atomic E-state index is 11.1. The zero-order valence-electron chi connectivity index (χ0n) is 11.5. The Kier molecular flexibility index (Phi) is 3.53. The van der Waals surface area contributed by atoms with E-state index >= 15 is 0 Å². The van der Waals surface area contributed by atoms with Crippen LogP contribution in [0.2, 0.25) is 0 Å². The van der Waals surface area contributed by atoms with Crippen molar-refractivity contribution in [1.29, 1.82) is 0 Å². The predicted octanol–water partition coefficient (Wildman–Crippen LogP) is 1.89. The highest BCUT2D eigenvalue weighted by Crippen LogP contribution is 2.37. The quantitative estimate of drug-likeness (QED) is 0.864. The summed E-state index contributed by atoms with van der Waals surface area (Å²) in [6.45, 7) is 3.88. The Labute approximate surface area is 117 Å². The second-order valence-corrected chi connectivity index (χ2v) is 5.44. The van der Waals surface area contributed by atoms with Crippen LogP contribution in [-0.4, -0.2) is 30.8 Å². The summed E-state index contributed by atoms with van der Waals surface area (Å²) in [5, 5.41) is 12.4. The van der Waals surface area contributed by atoms with E-state index in [0.717, 1.165) is 29.0 Å². The van der Waals surface area contributed by atoms with Gasteiger partial charge in [-0.25, -0.2) is 0 Å². The van der Waals surface area contributed by atoms with Crippen LogP contribution in [0.1, 0.15) is 30.0 Å². The monoisotopic (exact) mass is 277 g/mol. The summed E-state index contributed by atoms with van der Waals surface area (Å²) < 4.78 is 11.4. The van der Waals surface area contributed by atoms with Gasteiger partial charge in [0, 0.05) is 19.0 Å². The summed E-state index contributed by atoms with van der Waals surface area (Å²) in [4.78, 5) is 11.1. The molecule has 2 aliphatic heterocycles. The van der Waals surface area contributed by atoms with Crippen LogP contribution in [0.3, 0.4) is 0 Å². The van der Waals surface area contributed by atoms with Crippen LogP contribution in [0.15, 0.2) is 12.1 Å². The van der Waals surface area contributed by atoms with Crippen molar-refractivity contribution in [2.75, 3.05) is 19.8 Å². The fourth-order valence-electron chi connectivity index (χ4n) is 2.86. The van der Waals surface area contributed by atoms with Crippen LogP contribution in [0.5, 0.6) is 11.5 Å². The molecule has 0 radical (unpaired) electrons. The van der Waals surface area contributed by atoms with Crippen molar-refractivity contribution in [2.24, 2.45) is 5.92 Å². The number of hydrogen-bond donors (Lipinski definition) is 2. The third-order valence-electron chi connectivity index (χ3n) is 3.99. The summed E-state index contributed by atoms with van der Waals surface area (Å²) in [6, 6.07) is 4.07.